The molecule has 1 saturated heterocycles. The summed E-state index contributed by atoms with van der Waals surface area (Å²) in [6, 6.07) is 0. The molecular weight excluding hydrogens is 266 g/mol. The summed E-state index contributed by atoms with van der Waals surface area (Å²) in [5, 5.41) is 3.97. The van der Waals surface area contributed by atoms with E-state index in [0.717, 1.165) is 12.8 Å². The van der Waals surface area contributed by atoms with Gasteiger partial charge < -0.3 is 0 Å². The Morgan fingerprint density at radius 2 is 2.26 bits per heavy atom. The number of hydrogen-bond acceptors (Lipinski definition) is 4. The minimum Gasteiger partial charge on any atom is -0.294 e. The SMILES string of the molecule is Cn1cc(C(=O)CC2CCCN(S(C)(=O)=O)C2)cn1. The van der Waals surface area contributed by atoms with Gasteiger partial charge >= 0.3 is 0 Å². The van der Waals surface area contributed by atoms with E-state index in [1.165, 1.54) is 10.6 Å². The lowest BCUT2D eigenvalue weighted by Crippen LogP contribution is -2.39. The highest BCUT2D eigenvalue weighted by atomic mass is 32.2. The molecule has 0 saturated carbocycles. The van der Waals surface area contributed by atoms with Crippen molar-refractivity contribution in [3.63, 3.8) is 0 Å². The van der Waals surface area contributed by atoms with Crippen molar-refractivity contribution in [3.05, 3.63) is 18.0 Å². The molecule has 2 rings (SSSR count). The number of rotatable bonds is 4. The van der Waals surface area contributed by atoms with E-state index in [1.54, 1.807) is 24.1 Å². The molecule has 19 heavy (non-hydrogen) atoms. The van der Waals surface area contributed by atoms with Gasteiger partial charge in [-0.1, -0.05) is 0 Å². The number of aromatic nitrogens is 2. The van der Waals surface area contributed by atoms with Gasteiger partial charge in [0.25, 0.3) is 0 Å². The van der Waals surface area contributed by atoms with Crippen LogP contribution in [0, 0.1) is 5.92 Å². The van der Waals surface area contributed by atoms with Gasteiger partial charge in [-0.3, -0.25) is 9.48 Å². The maximum atomic E-state index is 12.1. The number of ketones is 1. The molecule has 0 aliphatic carbocycles. The third-order valence-corrected chi connectivity index (χ3v) is 4.72. The third-order valence-electron chi connectivity index (χ3n) is 3.45. The average molecular weight is 285 g/mol. The van der Waals surface area contributed by atoms with E-state index in [9.17, 15) is 13.2 Å². The molecule has 106 valence electrons. The molecule has 1 fully saturated rings. The quantitative estimate of drug-likeness (QED) is 0.762. The Morgan fingerprint density at radius 1 is 1.53 bits per heavy atom. The highest BCUT2D eigenvalue weighted by Gasteiger charge is 2.27. The van der Waals surface area contributed by atoms with Crippen molar-refractivity contribution in [1.29, 1.82) is 0 Å². The van der Waals surface area contributed by atoms with Crippen molar-refractivity contribution in [2.24, 2.45) is 13.0 Å². The third kappa shape index (κ3) is 3.63. The van der Waals surface area contributed by atoms with Crippen LogP contribution in [0.5, 0.6) is 0 Å². The van der Waals surface area contributed by atoms with Crippen molar-refractivity contribution in [2.45, 2.75) is 19.3 Å². The molecule has 1 aliphatic heterocycles. The Kier molecular flexibility index (Phi) is 4.05. The van der Waals surface area contributed by atoms with E-state index in [4.69, 9.17) is 0 Å². The number of piperidine rings is 1. The zero-order valence-corrected chi connectivity index (χ0v) is 12.1. The molecule has 2 heterocycles. The van der Waals surface area contributed by atoms with Gasteiger partial charge in [0.15, 0.2) is 5.78 Å². The first kappa shape index (κ1) is 14.2. The molecule has 1 atom stereocenters. The van der Waals surface area contributed by atoms with Crippen LogP contribution >= 0.6 is 0 Å². The Balaban J connectivity index is 1.98. The molecule has 1 aliphatic rings. The molecule has 0 amide bonds. The molecular formula is C12H19N3O3S. The van der Waals surface area contributed by atoms with Gasteiger partial charge in [0, 0.05) is 32.8 Å². The van der Waals surface area contributed by atoms with Crippen LogP contribution in [0.3, 0.4) is 0 Å². The van der Waals surface area contributed by atoms with Crippen molar-refractivity contribution in [1.82, 2.24) is 14.1 Å². The Labute approximate surface area is 113 Å². The first-order chi connectivity index (χ1) is 8.86. The summed E-state index contributed by atoms with van der Waals surface area (Å²) in [6.07, 6.45) is 6.57. The van der Waals surface area contributed by atoms with Crippen LogP contribution in [0.2, 0.25) is 0 Å². The maximum absolute atomic E-state index is 12.1. The van der Waals surface area contributed by atoms with Crippen molar-refractivity contribution < 1.29 is 13.2 Å². The van der Waals surface area contributed by atoms with Gasteiger partial charge in [0.05, 0.1) is 18.0 Å². The Hall–Kier alpha value is -1.21. The molecule has 0 bridgehead atoms. The second kappa shape index (κ2) is 5.42. The smallest absolute Gasteiger partial charge is 0.211 e. The van der Waals surface area contributed by atoms with Gasteiger partial charge in [0.1, 0.15) is 0 Å². The second-order valence-electron chi connectivity index (χ2n) is 5.16. The van der Waals surface area contributed by atoms with E-state index < -0.39 is 10.0 Å². The lowest BCUT2D eigenvalue weighted by Gasteiger charge is -2.30. The first-order valence-corrected chi connectivity index (χ1v) is 8.18. The molecule has 0 N–H and O–H groups in total. The number of aryl methyl sites for hydroxylation is 1. The van der Waals surface area contributed by atoms with Crippen LogP contribution < -0.4 is 0 Å². The van der Waals surface area contributed by atoms with E-state index >= 15 is 0 Å². The Bertz CT molecular complexity index is 565. The van der Waals surface area contributed by atoms with Gasteiger partial charge in [-0.2, -0.15) is 5.10 Å². The predicted molar refractivity (Wildman–Crippen MR) is 71.3 cm³/mol. The molecule has 0 spiro atoms. The standard InChI is InChI=1S/C12H19N3O3S/c1-14-9-11(7-13-14)12(16)6-10-4-3-5-15(8-10)19(2,17)18/h7,9-10H,3-6,8H2,1-2H3. The zero-order chi connectivity index (χ0) is 14.0. The van der Waals surface area contributed by atoms with E-state index in [0.29, 0.717) is 25.1 Å². The largest absolute Gasteiger partial charge is 0.294 e. The minimum absolute atomic E-state index is 0.0356. The summed E-state index contributed by atoms with van der Waals surface area (Å²) in [6.45, 7) is 1.02. The molecule has 6 nitrogen and oxygen atoms in total. The van der Waals surface area contributed by atoms with Crippen LogP contribution in [-0.4, -0.2) is 47.6 Å². The monoisotopic (exact) mass is 285 g/mol. The molecule has 7 heteroatoms. The number of Topliss-reactive ketones (excluding diaryl/α,β-unsaturated/α-hetero) is 1. The van der Waals surface area contributed by atoms with Crippen molar-refractivity contribution >= 4 is 15.8 Å². The zero-order valence-electron chi connectivity index (χ0n) is 11.2. The fourth-order valence-corrected chi connectivity index (χ4v) is 3.38. The van der Waals surface area contributed by atoms with E-state index in [2.05, 4.69) is 5.10 Å². The number of carbonyl (C=O) groups is 1. The normalized spacial score (nSPS) is 21.5. The molecule has 0 radical (unpaired) electrons. The number of carbonyl (C=O) groups excluding carboxylic acids is 1. The van der Waals surface area contributed by atoms with Gasteiger partial charge in [-0.25, -0.2) is 12.7 Å². The Morgan fingerprint density at radius 3 is 2.84 bits per heavy atom. The molecule has 1 aromatic rings. The number of nitrogens with zero attached hydrogens (tertiary/aromatic N) is 3. The summed E-state index contributed by atoms with van der Waals surface area (Å²) in [5.74, 6) is 0.143. The van der Waals surface area contributed by atoms with Crippen LogP contribution in [0.4, 0.5) is 0 Å². The van der Waals surface area contributed by atoms with Crippen LogP contribution in [-0.2, 0) is 17.1 Å². The number of sulfonamides is 1. The fraction of sp³-hybridized carbons (Fsp3) is 0.667. The predicted octanol–water partition coefficient (Wildman–Crippen LogP) is 0.664. The van der Waals surface area contributed by atoms with Crippen LogP contribution in [0.1, 0.15) is 29.6 Å². The van der Waals surface area contributed by atoms with Gasteiger partial charge in [-0.15, -0.1) is 0 Å². The highest BCUT2D eigenvalue weighted by Crippen LogP contribution is 2.23. The lowest BCUT2D eigenvalue weighted by atomic mass is 9.93. The lowest BCUT2D eigenvalue weighted by molar-refractivity contribution is 0.0942. The average Bonchev–Trinajstić information content (AvgIpc) is 2.75. The molecule has 1 aromatic heterocycles. The maximum Gasteiger partial charge on any atom is 0.211 e. The minimum atomic E-state index is -3.15. The highest BCUT2D eigenvalue weighted by molar-refractivity contribution is 7.88. The second-order valence-corrected chi connectivity index (χ2v) is 7.14. The molecule has 1 unspecified atom stereocenters. The molecule has 0 aromatic carbocycles. The topological polar surface area (TPSA) is 72.3 Å². The number of hydrogen-bond donors (Lipinski definition) is 0. The van der Waals surface area contributed by atoms with Crippen molar-refractivity contribution in [2.75, 3.05) is 19.3 Å². The first-order valence-electron chi connectivity index (χ1n) is 6.33. The van der Waals surface area contributed by atoms with Gasteiger partial charge in [0.2, 0.25) is 10.0 Å². The summed E-state index contributed by atoms with van der Waals surface area (Å²) >= 11 is 0. The fourth-order valence-electron chi connectivity index (χ4n) is 2.44. The summed E-state index contributed by atoms with van der Waals surface area (Å²) < 4.78 is 26.1. The summed E-state index contributed by atoms with van der Waals surface area (Å²) in [5.41, 5.74) is 0.596. The van der Waals surface area contributed by atoms with Crippen LogP contribution in [0.25, 0.3) is 0 Å². The van der Waals surface area contributed by atoms with Crippen LogP contribution in [0.15, 0.2) is 12.4 Å². The summed E-state index contributed by atoms with van der Waals surface area (Å²) in [7, 11) is -1.38. The summed E-state index contributed by atoms with van der Waals surface area (Å²) in [4.78, 5) is 12.1. The van der Waals surface area contributed by atoms with Crippen molar-refractivity contribution in [3.8, 4) is 0 Å². The van der Waals surface area contributed by atoms with E-state index in [1.807, 2.05) is 0 Å². The van der Waals surface area contributed by atoms with Gasteiger partial charge in [-0.05, 0) is 18.8 Å². The van der Waals surface area contributed by atoms with E-state index in [-0.39, 0.29) is 11.7 Å².